The van der Waals surface area contributed by atoms with Gasteiger partial charge in [-0.15, -0.1) is 0 Å². The first-order chi connectivity index (χ1) is 9.37. The van der Waals surface area contributed by atoms with Gasteiger partial charge in [0.15, 0.2) is 0 Å². The number of benzene rings is 1. The first-order valence-corrected chi connectivity index (χ1v) is 7.94. The van der Waals surface area contributed by atoms with Crippen molar-refractivity contribution in [2.24, 2.45) is 0 Å². The number of carbonyl (C=O) groups is 1. The van der Waals surface area contributed by atoms with E-state index in [2.05, 4.69) is 5.32 Å². The lowest BCUT2D eigenvalue weighted by molar-refractivity contribution is -0.126. The Bertz CT molecular complexity index is 636. The van der Waals surface area contributed by atoms with Crippen molar-refractivity contribution >= 4 is 27.5 Å². The molecule has 1 aliphatic heterocycles. The van der Waals surface area contributed by atoms with Crippen LogP contribution in [-0.4, -0.2) is 37.8 Å². The summed E-state index contributed by atoms with van der Waals surface area (Å²) in [7, 11) is -3.93. The number of amides is 1. The van der Waals surface area contributed by atoms with Gasteiger partial charge in [-0.3, -0.25) is 4.79 Å². The fraction of sp³-hybridized carbons (Fsp3) is 0.417. The van der Waals surface area contributed by atoms with E-state index in [0.29, 0.717) is 6.42 Å². The molecule has 1 unspecified atom stereocenters. The third-order valence-electron chi connectivity index (χ3n) is 3.15. The maximum absolute atomic E-state index is 13.0. The first-order valence-electron chi connectivity index (χ1n) is 6.12. The monoisotopic (exact) mass is 320 g/mol. The molecule has 1 aliphatic rings. The molecule has 1 N–H and O–H groups in total. The number of sulfonamides is 1. The van der Waals surface area contributed by atoms with Gasteiger partial charge >= 0.3 is 0 Å². The van der Waals surface area contributed by atoms with Crippen molar-refractivity contribution in [1.82, 2.24) is 9.62 Å². The van der Waals surface area contributed by atoms with Gasteiger partial charge in [0.2, 0.25) is 15.9 Å². The largest absolute Gasteiger partial charge is 0.353 e. The van der Waals surface area contributed by atoms with Crippen molar-refractivity contribution in [2.75, 3.05) is 13.1 Å². The minimum absolute atomic E-state index is 0.167. The molecule has 1 aromatic rings. The topological polar surface area (TPSA) is 66.5 Å². The van der Waals surface area contributed by atoms with Crippen LogP contribution in [0, 0.1) is 5.82 Å². The zero-order valence-electron chi connectivity index (χ0n) is 10.8. The van der Waals surface area contributed by atoms with Crippen LogP contribution < -0.4 is 5.32 Å². The number of carbonyl (C=O) groups excluding carboxylic acids is 1. The molecule has 1 amide bonds. The van der Waals surface area contributed by atoms with E-state index in [1.807, 2.05) is 0 Å². The van der Waals surface area contributed by atoms with E-state index in [0.717, 1.165) is 22.5 Å². The molecule has 0 aliphatic carbocycles. The van der Waals surface area contributed by atoms with Gasteiger partial charge in [0.25, 0.3) is 0 Å². The Morgan fingerprint density at radius 3 is 2.80 bits per heavy atom. The molecule has 110 valence electrons. The Hall–Kier alpha value is -1.18. The van der Waals surface area contributed by atoms with Crippen LogP contribution in [0.25, 0.3) is 0 Å². The Kier molecular flexibility index (Phi) is 4.31. The quantitative estimate of drug-likeness (QED) is 0.915. The first kappa shape index (κ1) is 15.2. The SMILES string of the molecule is CCC1C(=O)NCCN1S(=O)(=O)c1ccc(F)cc1Cl. The molecule has 20 heavy (non-hydrogen) atoms. The summed E-state index contributed by atoms with van der Waals surface area (Å²) in [5.74, 6) is -0.946. The van der Waals surface area contributed by atoms with Gasteiger partial charge in [0.05, 0.1) is 5.02 Å². The van der Waals surface area contributed by atoms with Crippen molar-refractivity contribution in [3.63, 3.8) is 0 Å². The third kappa shape index (κ3) is 2.65. The lowest BCUT2D eigenvalue weighted by Gasteiger charge is -2.33. The predicted octanol–water partition coefficient (Wildman–Crippen LogP) is 1.38. The van der Waals surface area contributed by atoms with Gasteiger partial charge in [-0.25, -0.2) is 12.8 Å². The highest BCUT2D eigenvalue weighted by Gasteiger charge is 2.38. The van der Waals surface area contributed by atoms with E-state index < -0.39 is 21.9 Å². The average Bonchev–Trinajstić information content (AvgIpc) is 2.37. The maximum atomic E-state index is 13.0. The molecular formula is C12H14ClFN2O3S. The van der Waals surface area contributed by atoms with E-state index >= 15 is 0 Å². The summed E-state index contributed by atoms with van der Waals surface area (Å²) in [6.45, 7) is 2.14. The molecule has 5 nitrogen and oxygen atoms in total. The van der Waals surface area contributed by atoms with Crippen LogP contribution in [0.3, 0.4) is 0 Å². The number of nitrogens with zero attached hydrogens (tertiary/aromatic N) is 1. The predicted molar refractivity (Wildman–Crippen MR) is 72.4 cm³/mol. The molecule has 0 aromatic heterocycles. The lowest BCUT2D eigenvalue weighted by Crippen LogP contribution is -2.56. The molecular weight excluding hydrogens is 307 g/mol. The van der Waals surface area contributed by atoms with Crippen LogP contribution >= 0.6 is 11.6 Å². The summed E-state index contributed by atoms with van der Waals surface area (Å²) in [6, 6.07) is 2.32. The molecule has 0 radical (unpaired) electrons. The summed E-state index contributed by atoms with van der Waals surface area (Å²) in [6.07, 6.45) is 0.351. The minimum atomic E-state index is -3.93. The second kappa shape index (κ2) is 5.67. The van der Waals surface area contributed by atoms with Gasteiger partial charge in [0.1, 0.15) is 16.8 Å². The molecule has 1 atom stereocenters. The van der Waals surface area contributed by atoms with Crippen molar-refractivity contribution in [1.29, 1.82) is 0 Å². The number of hydrogen-bond donors (Lipinski definition) is 1. The number of nitrogens with one attached hydrogen (secondary N) is 1. The van der Waals surface area contributed by atoms with Gasteiger partial charge < -0.3 is 5.32 Å². The van der Waals surface area contributed by atoms with Gasteiger partial charge in [-0.2, -0.15) is 4.31 Å². The summed E-state index contributed by atoms with van der Waals surface area (Å²) < 4.78 is 39.3. The fourth-order valence-electron chi connectivity index (χ4n) is 2.18. The Morgan fingerprint density at radius 2 is 2.20 bits per heavy atom. The van der Waals surface area contributed by atoms with Crippen molar-refractivity contribution in [2.45, 2.75) is 24.3 Å². The Morgan fingerprint density at radius 1 is 1.50 bits per heavy atom. The van der Waals surface area contributed by atoms with E-state index in [4.69, 9.17) is 11.6 Å². The number of hydrogen-bond acceptors (Lipinski definition) is 3. The zero-order valence-corrected chi connectivity index (χ0v) is 12.3. The summed E-state index contributed by atoms with van der Waals surface area (Å²) >= 11 is 5.81. The molecule has 1 heterocycles. The highest BCUT2D eigenvalue weighted by atomic mass is 35.5. The van der Waals surface area contributed by atoms with E-state index in [9.17, 15) is 17.6 Å². The molecule has 0 bridgehead atoms. The zero-order chi connectivity index (χ0) is 14.9. The van der Waals surface area contributed by atoms with Crippen molar-refractivity contribution < 1.29 is 17.6 Å². The molecule has 1 aromatic carbocycles. The Labute approximate surface area is 121 Å². The fourth-order valence-corrected chi connectivity index (χ4v) is 4.35. The molecule has 0 saturated carbocycles. The van der Waals surface area contributed by atoms with Gasteiger partial charge in [-0.05, 0) is 24.6 Å². The second-order valence-corrected chi connectivity index (χ2v) is 6.67. The number of rotatable bonds is 3. The van der Waals surface area contributed by atoms with Crippen LogP contribution in [0.5, 0.6) is 0 Å². The number of piperazine rings is 1. The van der Waals surface area contributed by atoms with Crippen LogP contribution in [0.1, 0.15) is 13.3 Å². The van der Waals surface area contributed by atoms with Crippen molar-refractivity contribution in [3.8, 4) is 0 Å². The minimum Gasteiger partial charge on any atom is -0.353 e. The molecule has 1 fully saturated rings. The van der Waals surface area contributed by atoms with Crippen LogP contribution in [0.4, 0.5) is 4.39 Å². The van der Waals surface area contributed by atoms with Gasteiger partial charge in [0, 0.05) is 13.1 Å². The Balaban J connectivity index is 2.45. The number of halogens is 2. The van der Waals surface area contributed by atoms with E-state index in [-0.39, 0.29) is 28.9 Å². The summed E-state index contributed by atoms with van der Waals surface area (Å²) in [4.78, 5) is 11.6. The van der Waals surface area contributed by atoms with Crippen LogP contribution in [0.15, 0.2) is 23.1 Å². The third-order valence-corrected chi connectivity index (χ3v) is 5.54. The maximum Gasteiger partial charge on any atom is 0.245 e. The summed E-state index contributed by atoms with van der Waals surface area (Å²) in [5.41, 5.74) is 0. The summed E-state index contributed by atoms with van der Waals surface area (Å²) in [5, 5.41) is 2.43. The highest BCUT2D eigenvalue weighted by Crippen LogP contribution is 2.27. The van der Waals surface area contributed by atoms with Gasteiger partial charge in [-0.1, -0.05) is 18.5 Å². The molecule has 8 heteroatoms. The van der Waals surface area contributed by atoms with E-state index in [1.165, 1.54) is 0 Å². The van der Waals surface area contributed by atoms with Crippen molar-refractivity contribution in [3.05, 3.63) is 29.0 Å². The lowest BCUT2D eigenvalue weighted by atomic mass is 10.2. The standard InChI is InChI=1S/C12H14ClFN2O3S/c1-2-10-12(17)15-5-6-16(10)20(18,19)11-4-3-8(14)7-9(11)13/h3-4,7,10H,2,5-6H2,1H3,(H,15,17). The normalized spacial score (nSPS) is 20.8. The van der Waals surface area contributed by atoms with Crippen LogP contribution in [0.2, 0.25) is 5.02 Å². The average molecular weight is 321 g/mol. The molecule has 2 rings (SSSR count). The second-order valence-electron chi connectivity index (χ2n) is 4.41. The smallest absolute Gasteiger partial charge is 0.245 e. The molecule has 0 spiro atoms. The molecule has 1 saturated heterocycles. The highest BCUT2D eigenvalue weighted by molar-refractivity contribution is 7.89. The van der Waals surface area contributed by atoms with E-state index in [1.54, 1.807) is 6.92 Å². The van der Waals surface area contributed by atoms with Crippen LogP contribution in [-0.2, 0) is 14.8 Å².